The Hall–Kier alpha value is -0.820. The summed E-state index contributed by atoms with van der Waals surface area (Å²) in [4.78, 5) is 0. The molecule has 1 aromatic rings. The molecule has 1 nitrogen and oxygen atoms in total. The monoisotopic (exact) mass is 147 g/mol. The van der Waals surface area contributed by atoms with Crippen LogP contribution in [-0.4, -0.2) is 6.54 Å². The fraction of sp³-hybridized carbons (Fsp3) is 0.400. The van der Waals surface area contributed by atoms with Gasteiger partial charge in [-0.1, -0.05) is 24.3 Å². The zero-order valence-electron chi connectivity index (χ0n) is 6.80. The Kier molecular flexibility index (Phi) is 1.66. The largest absolute Gasteiger partial charge is 0.310 e. The van der Waals surface area contributed by atoms with E-state index in [-0.39, 0.29) is 0 Å². The third-order valence-electron chi connectivity index (χ3n) is 2.39. The molecule has 0 aliphatic carbocycles. The highest BCUT2D eigenvalue weighted by atomic mass is 15.0. The number of aryl methyl sites for hydroxylation is 1. The first kappa shape index (κ1) is 6.86. The SMILES string of the molecule is Cc1ccccc1C1CCN1. The number of nitrogens with one attached hydrogen (secondary N) is 1. The van der Waals surface area contributed by atoms with E-state index in [0.29, 0.717) is 6.04 Å². The molecule has 0 spiro atoms. The Morgan fingerprint density at radius 1 is 1.36 bits per heavy atom. The van der Waals surface area contributed by atoms with Crippen LogP contribution in [0.1, 0.15) is 23.6 Å². The van der Waals surface area contributed by atoms with Gasteiger partial charge >= 0.3 is 0 Å². The molecule has 1 N–H and O–H groups in total. The van der Waals surface area contributed by atoms with Gasteiger partial charge in [0.1, 0.15) is 0 Å². The highest BCUT2D eigenvalue weighted by Gasteiger charge is 2.18. The molecule has 1 atom stereocenters. The summed E-state index contributed by atoms with van der Waals surface area (Å²) < 4.78 is 0. The molecule has 0 saturated carbocycles. The molecule has 11 heavy (non-hydrogen) atoms. The van der Waals surface area contributed by atoms with Crippen LogP contribution in [0, 0.1) is 6.92 Å². The second-order valence-electron chi connectivity index (χ2n) is 3.15. The summed E-state index contributed by atoms with van der Waals surface area (Å²) in [6.07, 6.45) is 1.30. The Bertz CT molecular complexity index is 251. The molecule has 0 radical (unpaired) electrons. The van der Waals surface area contributed by atoms with E-state index in [0.717, 1.165) is 0 Å². The van der Waals surface area contributed by atoms with Gasteiger partial charge in [0, 0.05) is 6.04 Å². The Morgan fingerprint density at radius 3 is 2.64 bits per heavy atom. The van der Waals surface area contributed by atoms with Crippen LogP contribution in [-0.2, 0) is 0 Å². The smallest absolute Gasteiger partial charge is 0.0334 e. The standard InChI is InChI=1S/C10H13N/c1-8-4-2-3-5-9(8)10-6-7-11-10/h2-5,10-11H,6-7H2,1H3. The first-order chi connectivity index (χ1) is 5.38. The molecule has 1 aliphatic heterocycles. The topological polar surface area (TPSA) is 12.0 Å². The lowest BCUT2D eigenvalue weighted by Crippen LogP contribution is -2.35. The molecule has 1 unspecified atom stereocenters. The van der Waals surface area contributed by atoms with Gasteiger partial charge in [0.25, 0.3) is 0 Å². The van der Waals surface area contributed by atoms with Crippen LogP contribution < -0.4 is 5.32 Å². The molecule has 0 aromatic heterocycles. The van der Waals surface area contributed by atoms with Crippen LogP contribution in [0.15, 0.2) is 24.3 Å². The average molecular weight is 147 g/mol. The fourth-order valence-electron chi connectivity index (χ4n) is 1.53. The lowest BCUT2D eigenvalue weighted by molar-refractivity contribution is 0.382. The predicted molar refractivity (Wildman–Crippen MR) is 46.5 cm³/mol. The molecule has 0 bridgehead atoms. The van der Waals surface area contributed by atoms with Crippen molar-refractivity contribution in [1.29, 1.82) is 0 Å². The summed E-state index contributed by atoms with van der Waals surface area (Å²) in [6, 6.07) is 9.23. The Labute approximate surface area is 67.4 Å². The summed E-state index contributed by atoms with van der Waals surface area (Å²) >= 11 is 0. The van der Waals surface area contributed by atoms with E-state index in [2.05, 4.69) is 36.5 Å². The van der Waals surface area contributed by atoms with Gasteiger partial charge in [-0.25, -0.2) is 0 Å². The van der Waals surface area contributed by atoms with Crippen molar-refractivity contribution in [2.45, 2.75) is 19.4 Å². The van der Waals surface area contributed by atoms with E-state index in [9.17, 15) is 0 Å². The van der Waals surface area contributed by atoms with Gasteiger partial charge in [-0.15, -0.1) is 0 Å². The van der Waals surface area contributed by atoms with Crippen LogP contribution in [0.4, 0.5) is 0 Å². The van der Waals surface area contributed by atoms with Crippen molar-refractivity contribution >= 4 is 0 Å². The minimum Gasteiger partial charge on any atom is -0.310 e. The zero-order valence-corrected chi connectivity index (χ0v) is 6.80. The van der Waals surface area contributed by atoms with E-state index in [4.69, 9.17) is 0 Å². The Balaban J connectivity index is 2.28. The van der Waals surface area contributed by atoms with Crippen molar-refractivity contribution in [3.8, 4) is 0 Å². The fourth-order valence-corrected chi connectivity index (χ4v) is 1.53. The van der Waals surface area contributed by atoms with E-state index in [1.54, 1.807) is 0 Å². The minimum atomic E-state index is 0.635. The van der Waals surface area contributed by atoms with Crippen LogP contribution in [0.2, 0.25) is 0 Å². The minimum absolute atomic E-state index is 0.635. The molecule has 58 valence electrons. The first-order valence-electron chi connectivity index (χ1n) is 4.17. The van der Waals surface area contributed by atoms with Gasteiger partial charge in [-0.2, -0.15) is 0 Å². The van der Waals surface area contributed by atoms with Crippen LogP contribution in [0.5, 0.6) is 0 Å². The summed E-state index contributed by atoms with van der Waals surface area (Å²) in [7, 11) is 0. The maximum Gasteiger partial charge on any atom is 0.0334 e. The molecular weight excluding hydrogens is 134 g/mol. The molecule has 1 aromatic carbocycles. The summed E-state index contributed by atoms with van der Waals surface area (Å²) in [5.41, 5.74) is 2.88. The highest BCUT2D eigenvalue weighted by Crippen LogP contribution is 2.24. The molecule has 1 heteroatoms. The maximum atomic E-state index is 3.40. The molecule has 2 rings (SSSR count). The molecule has 0 amide bonds. The normalized spacial score (nSPS) is 22.8. The molecule has 1 heterocycles. The quantitative estimate of drug-likeness (QED) is 0.641. The number of rotatable bonds is 1. The van der Waals surface area contributed by atoms with Crippen molar-refractivity contribution in [3.05, 3.63) is 35.4 Å². The van der Waals surface area contributed by atoms with Crippen molar-refractivity contribution < 1.29 is 0 Å². The lowest BCUT2D eigenvalue weighted by atomic mass is 9.94. The Morgan fingerprint density at radius 2 is 2.09 bits per heavy atom. The second-order valence-corrected chi connectivity index (χ2v) is 3.15. The second kappa shape index (κ2) is 2.67. The van der Waals surface area contributed by atoms with Gasteiger partial charge < -0.3 is 5.32 Å². The van der Waals surface area contributed by atoms with Crippen molar-refractivity contribution in [1.82, 2.24) is 5.32 Å². The number of hydrogen-bond donors (Lipinski definition) is 1. The van der Waals surface area contributed by atoms with Crippen LogP contribution in [0.25, 0.3) is 0 Å². The van der Waals surface area contributed by atoms with Gasteiger partial charge in [-0.3, -0.25) is 0 Å². The summed E-state index contributed by atoms with van der Waals surface area (Å²) in [5.74, 6) is 0. The zero-order chi connectivity index (χ0) is 7.68. The first-order valence-corrected chi connectivity index (χ1v) is 4.17. The van der Waals surface area contributed by atoms with E-state index in [1.807, 2.05) is 0 Å². The van der Waals surface area contributed by atoms with Crippen molar-refractivity contribution in [2.75, 3.05) is 6.54 Å². The molecular formula is C10H13N. The maximum absolute atomic E-state index is 3.40. The third kappa shape index (κ3) is 1.16. The van der Waals surface area contributed by atoms with Gasteiger partial charge in [0.2, 0.25) is 0 Å². The van der Waals surface area contributed by atoms with Gasteiger partial charge in [-0.05, 0) is 31.0 Å². The van der Waals surface area contributed by atoms with E-state index in [1.165, 1.54) is 24.1 Å². The van der Waals surface area contributed by atoms with E-state index < -0.39 is 0 Å². The highest BCUT2D eigenvalue weighted by molar-refractivity contribution is 5.29. The third-order valence-corrected chi connectivity index (χ3v) is 2.39. The predicted octanol–water partition coefficient (Wildman–Crippen LogP) is 2.03. The molecule has 1 fully saturated rings. The lowest BCUT2D eigenvalue weighted by Gasteiger charge is -2.29. The average Bonchev–Trinajstić information content (AvgIpc) is 1.90. The molecule has 1 aliphatic rings. The summed E-state index contributed by atoms with van der Waals surface area (Å²) in [6.45, 7) is 3.36. The van der Waals surface area contributed by atoms with Crippen LogP contribution in [0.3, 0.4) is 0 Å². The van der Waals surface area contributed by atoms with Crippen molar-refractivity contribution in [3.63, 3.8) is 0 Å². The van der Waals surface area contributed by atoms with Gasteiger partial charge in [0.15, 0.2) is 0 Å². The van der Waals surface area contributed by atoms with Crippen LogP contribution >= 0.6 is 0 Å². The molecule has 1 saturated heterocycles. The van der Waals surface area contributed by atoms with Gasteiger partial charge in [0.05, 0.1) is 0 Å². The summed E-state index contributed by atoms with van der Waals surface area (Å²) in [5, 5.41) is 3.40. The van der Waals surface area contributed by atoms with E-state index >= 15 is 0 Å². The van der Waals surface area contributed by atoms with Crippen molar-refractivity contribution in [2.24, 2.45) is 0 Å². The number of hydrogen-bond acceptors (Lipinski definition) is 1. The number of benzene rings is 1.